The molecule has 1 atom stereocenters. The van der Waals surface area contributed by atoms with Gasteiger partial charge in [0, 0.05) is 38.9 Å². The number of amides is 1. The highest BCUT2D eigenvalue weighted by Crippen LogP contribution is 2.42. The minimum absolute atomic E-state index is 0.122. The number of nitrogen functional groups attached to an aromatic ring is 1. The topological polar surface area (TPSA) is 104 Å². The summed E-state index contributed by atoms with van der Waals surface area (Å²) in [5.41, 5.74) is 8.28. The molecule has 37 heavy (non-hydrogen) atoms. The number of hydrogen-bond acceptors (Lipinski definition) is 6. The number of fused-ring (bicyclic) bond motifs is 1. The largest absolute Gasteiger partial charge is 0.497 e. The van der Waals surface area contributed by atoms with Gasteiger partial charge in [-0.05, 0) is 51.1 Å². The van der Waals surface area contributed by atoms with E-state index in [0.29, 0.717) is 50.1 Å². The second-order valence-corrected chi connectivity index (χ2v) is 11.9. The molecule has 194 valence electrons. The number of nitrogens with one attached hydrogen (secondary N) is 1. The molecule has 2 aromatic heterocycles. The highest BCUT2D eigenvalue weighted by atomic mass is 35.5. The van der Waals surface area contributed by atoms with E-state index in [4.69, 9.17) is 31.8 Å². The minimum Gasteiger partial charge on any atom is -0.497 e. The summed E-state index contributed by atoms with van der Waals surface area (Å²) in [4.78, 5) is 22.4. The van der Waals surface area contributed by atoms with E-state index in [1.165, 1.54) is 6.07 Å². The molecule has 2 aromatic carbocycles. The van der Waals surface area contributed by atoms with Crippen molar-refractivity contribution in [3.8, 4) is 11.5 Å². The summed E-state index contributed by atoms with van der Waals surface area (Å²) in [6, 6.07) is 8.24. The second-order valence-electron chi connectivity index (χ2n) is 9.45. The minimum atomic E-state index is -0.859. The number of carbonyl (C=O) groups is 1. The number of benzene rings is 2. The number of aryl methyl sites for hydroxylation is 1. The lowest BCUT2D eigenvalue weighted by Gasteiger charge is -2.29. The van der Waals surface area contributed by atoms with Crippen LogP contribution < -0.4 is 20.5 Å². The SMILES string of the molecule is COc1ccc(NC(=O)c2c(F)c(Cl)cc([C@](C)([SiH3])c3nc(C)c4c(N)nccn34)c2OC(C)C)cc1. The van der Waals surface area contributed by atoms with E-state index in [2.05, 4.69) is 10.3 Å². The molecule has 0 fully saturated rings. The maximum atomic E-state index is 15.5. The Labute approximate surface area is 222 Å². The highest BCUT2D eigenvalue weighted by molar-refractivity contribution is 6.32. The van der Waals surface area contributed by atoms with E-state index in [-0.39, 0.29) is 22.4 Å². The molecule has 0 saturated carbocycles. The molecule has 0 aliphatic heterocycles. The number of nitrogens with zero attached hydrogens (tertiary/aromatic N) is 3. The summed E-state index contributed by atoms with van der Waals surface area (Å²) in [6.45, 7) is 7.44. The van der Waals surface area contributed by atoms with Crippen LogP contribution in [0.4, 0.5) is 15.9 Å². The molecule has 0 unspecified atom stereocenters. The molecule has 4 rings (SSSR count). The van der Waals surface area contributed by atoms with Crippen LogP contribution in [-0.2, 0) is 5.04 Å². The molecule has 0 bridgehead atoms. The van der Waals surface area contributed by atoms with Crippen molar-refractivity contribution in [3.05, 3.63) is 76.2 Å². The third-order valence-electron chi connectivity index (χ3n) is 6.09. The van der Waals surface area contributed by atoms with E-state index < -0.39 is 16.8 Å². The van der Waals surface area contributed by atoms with Crippen LogP contribution in [0.25, 0.3) is 5.52 Å². The third-order valence-corrected chi connectivity index (χ3v) is 7.35. The third kappa shape index (κ3) is 4.86. The van der Waals surface area contributed by atoms with Crippen molar-refractivity contribution in [2.24, 2.45) is 0 Å². The molecule has 2 heterocycles. The summed E-state index contributed by atoms with van der Waals surface area (Å²) in [5.74, 6) is 0.226. The van der Waals surface area contributed by atoms with Crippen LogP contribution in [0.5, 0.6) is 11.5 Å². The normalized spacial score (nSPS) is 13.1. The fourth-order valence-electron chi connectivity index (χ4n) is 4.31. The molecule has 11 heteroatoms. The number of ether oxygens (including phenoxy) is 2. The Balaban J connectivity index is 1.91. The van der Waals surface area contributed by atoms with Gasteiger partial charge in [-0.2, -0.15) is 0 Å². The summed E-state index contributed by atoms with van der Waals surface area (Å²) in [6.07, 6.45) is 3.03. The molecule has 8 nitrogen and oxygen atoms in total. The average molecular weight is 542 g/mol. The zero-order chi connectivity index (χ0) is 27.1. The Morgan fingerprint density at radius 3 is 2.59 bits per heavy atom. The van der Waals surface area contributed by atoms with Gasteiger partial charge in [0.1, 0.15) is 34.2 Å². The molecule has 0 saturated heterocycles. The molecule has 0 aliphatic carbocycles. The lowest BCUT2D eigenvalue weighted by atomic mass is 9.94. The second kappa shape index (κ2) is 10.0. The van der Waals surface area contributed by atoms with E-state index in [1.54, 1.807) is 43.8 Å². The van der Waals surface area contributed by atoms with Gasteiger partial charge in [-0.15, -0.1) is 0 Å². The molecule has 4 aromatic rings. The lowest BCUT2D eigenvalue weighted by molar-refractivity contribution is 0.101. The van der Waals surface area contributed by atoms with Crippen molar-refractivity contribution in [2.45, 2.75) is 38.8 Å². The summed E-state index contributed by atoms with van der Waals surface area (Å²) in [5, 5.41) is 1.81. The zero-order valence-corrected chi connectivity index (χ0v) is 24.3. The van der Waals surface area contributed by atoms with E-state index in [1.807, 2.05) is 32.1 Å². The van der Waals surface area contributed by atoms with Crippen molar-refractivity contribution in [1.29, 1.82) is 0 Å². The Kier molecular flexibility index (Phi) is 7.16. The van der Waals surface area contributed by atoms with Crippen molar-refractivity contribution >= 4 is 44.8 Å². The fraction of sp³-hybridized carbons (Fsp3) is 0.269. The number of hydrogen-bond donors (Lipinski definition) is 2. The van der Waals surface area contributed by atoms with Crippen LogP contribution in [0.15, 0.2) is 42.7 Å². The molecule has 0 aliphatic rings. The highest BCUT2D eigenvalue weighted by Gasteiger charge is 2.37. The smallest absolute Gasteiger partial charge is 0.262 e. The van der Waals surface area contributed by atoms with Gasteiger partial charge < -0.3 is 20.5 Å². The molecular weight excluding hydrogens is 513 g/mol. The van der Waals surface area contributed by atoms with Gasteiger partial charge in [-0.1, -0.05) is 18.5 Å². The van der Waals surface area contributed by atoms with Crippen molar-refractivity contribution in [2.75, 3.05) is 18.2 Å². The summed E-state index contributed by atoms with van der Waals surface area (Å²) < 4.78 is 28.7. The van der Waals surface area contributed by atoms with Crippen molar-refractivity contribution < 1.29 is 18.7 Å². The zero-order valence-electron chi connectivity index (χ0n) is 21.5. The average Bonchev–Trinajstić information content (AvgIpc) is 3.20. The number of imidazole rings is 1. The predicted molar refractivity (Wildman–Crippen MR) is 147 cm³/mol. The number of rotatable bonds is 7. The van der Waals surface area contributed by atoms with E-state index in [9.17, 15) is 4.79 Å². The molecule has 0 radical (unpaired) electrons. The van der Waals surface area contributed by atoms with Crippen LogP contribution in [0.3, 0.4) is 0 Å². The number of aromatic nitrogens is 3. The van der Waals surface area contributed by atoms with Crippen LogP contribution in [-0.4, -0.2) is 43.7 Å². The van der Waals surface area contributed by atoms with E-state index >= 15 is 4.39 Å². The number of methoxy groups -OCH3 is 1. The maximum Gasteiger partial charge on any atom is 0.262 e. The first kappa shape index (κ1) is 26.4. The van der Waals surface area contributed by atoms with Crippen LogP contribution in [0, 0.1) is 12.7 Å². The number of halogens is 2. The molecule has 1 amide bonds. The van der Waals surface area contributed by atoms with Gasteiger partial charge in [0.25, 0.3) is 5.91 Å². The Bertz CT molecular complexity index is 1490. The van der Waals surface area contributed by atoms with Crippen LogP contribution >= 0.6 is 11.6 Å². The number of nitrogens with two attached hydrogens (primary N) is 1. The molecular formula is C26H29ClFN5O3Si. The predicted octanol–water partition coefficient (Wildman–Crippen LogP) is 4.09. The Morgan fingerprint density at radius 1 is 1.30 bits per heavy atom. The van der Waals surface area contributed by atoms with Crippen molar-refractivity contribution in [3.63, 3.8) is 0 Å². The summed E-state index contributed by atoms with van der Waals surface area (Å²) >= 11 is 6.39. The van der Waals surface area contributed by atoms with Gasteiger partial charge in [0.2, 0.25) is 0 Å². The standard InChI is InChI=1S/C26H29ClFN5O3Si/c1-13(2)36-22-17(26(4,37)25-31-14(3)21-23(29)30-10-11-33(21)25)12-18(27)20(28)19(22)24(34)32-15-6-8-16(35-5)9-7-15/h6-13H,1-5,37H3,(H2,29,30)(H,32,34)/t26-/m0/s1. The van der Waals surface area contributed by atoms with E-state index in [0.717, 1.165) is 0 Å². The number of carbonyl (C=O) groups excluding carboxylic acids is 1. The fourth-order valence-corrected chi connectivity index (χ4v) is 5.23. The lowest BCUT2D eigenvalue weighted by Crippen LogP contribution is -2.30. The van der Waals surface area contributed by atoms with Crippen molar-refractivity contribution in [1.82, 2.24) is 14.4 Å². The van der Waals surface area contributed by atoms with Gasteiger partial charge in [-0.25, -0.2) is 14.4 Å². The first-order valence-corrected chi connectivity index (χ1v) is 13.1. The quantitative estimate of drug-likeness (QED) is 0.342. The molecule has 3 N–H and O–H groups in total. The maximum absolute atomic E-state index is 15.5. The summed E-state index contributed by atoms with van der Waals surface area (Å²) in [7, 11) is 2.07. The van der Waals surface area contributed by atoms with Crippen LogP contribution in [0.2, 0.25) is 5.02 Å². The molecule has 0 spiro atoms. The number of anilines is 2. The van der Waals surface area contributed by atoms with Gasteiger partial charge in [-0.3, -0.25) is 9.20 Å². The Hall–Kier alpha value is -3.63. The van der Waals surface area contributed by atoms with Gasteiger partial charge in [0.15, 0.2) is 5.82 Å². The van der Waals surface area contributed by atoms with Gasteiger partial charge in [0.05, 0.1) is 23.9 Å². The first-order valence-electron chi connectivity index (χ1n) is 11.7. The first-order chi connectivity index (χ1) is 17.4. The van der Waals surface area contributed by atoms with Crippen LogP contribution in [0.1, 0.15) is 48.2 Å². The monoisotopic (exact) mass is 541 g/mol. The Morgan fingerprint density at radius 2 is 1.97 bits per heavy atom. The van der Waals surface area contributed by atoms with Gasteiger partial charge >= 0.3 is 0 Å².